The van der Waals surface area contributed by atoms with E-state index in [1.54, 1.807) is 0 Å². The van der Waals surface area contributed by atoms with Crippen LogP contribution in [0.4, 0.5) is 0 Å². The van der Waals surface area contributed by atoms with Crippen molar-refractivity contribution in [1.82, 2.24) is 10.2 Å². The molecule has 0 aromatic carbocycles. The van der Waals surface area contributed by atoms with Gasteiger partial charge in [-0.15, -0.1) is 0 Å². The summed E-state index contributed by atoms with van der Waals surface area (Å²) >= 11 is 0. The van der Waals surface area contributed by atoms with Crippen LogP contribution in [0.25, 0.3) is 0 Å². The summed E-state index contributed by atoms with van der Waals surface area (Å²) in [5, 5.41) is 3.19. The fraction of sp³-hybridized carbons (Fsp3) is 0.889. The van der Waals surface area contributed by atoms with Gasteiger partial charge in [-0.25, -0.2) is 13.4 Å². The van der Waals surface area contributed by atoms with E-state index in [-0.39, 0.29) is 18.3 Å². The number of ether oxygens (including phenoxy) is 1. The molecule has 2 fully saturated rings. The van der Waals surface area contributed by atoms with Gasteiger partial charge in [-0.1, -0.05) is 19.3 Å². The second-order valence-corrected chi connectivity index (χ2v) is 10.7. The summed E-state index contributed by atoms with van der Waals surface area (Å²) in [6, 6.07) is 0. The van der Waals surface area contributed by atoms with Gasteiger partial charge in [-0.05, 0) is 40.5 Å². The van der Waals surface area contributed by atoms with Crippen molar-refractivity contribution in [3.8, 4) is 0 Å². The number of carbonyl (C=O) groups excluding carboxylic acids is 1. The molecule has 26 heavy (non-hydrogen) atoms. The highest BCUT2D eigenvalue weighted by atomic mass is 32.2. The Hall–Kier alpha value is -1.31. The Morgan fingerprint density at radius 1 is 1.23 bits per heavy atom. The van der Waals surface area contributed by atoms with Crippen molar-refractivity contribution in [2.45, 2.75) is 70.1 Å². The molecular weight excluding hydrogens is 354 g/mol. The van der Waals surface area contributed by atoms with Gasteiger partial charge in [0, 0.05) is 19.6 Å². The number of nitrogens with one attached hydrogen (secondary N) is 1. The standard InChI is InChI=1S/C18H33N3O4S/c1-5-19-16(20-13-15(22)25-17(2,3)4)21-11-12-26(23,24)18(14-21)9-7-6-8-10-18/h5-14H2,1-4H3,(H,19,20). The van der Waals surface area contributed by atoms with E-state index in [0.29, 0.717) is 25.6 Å². The summed E-state index contributed by atoms with van der Waals surface area (Å²) in [6.45, 7) is 8.87. The van der Waals surface area contributed by atoms with Gasteiger partial charge in [-0.3, -0.25) is 4.79 Å². The molecule has 1 N–H and O–H groups in total. The van der Waals surface area contributed by atoms with Gasteiger partial charge in [0.05, 0.1) is 10.5 Å². The van der Waals surface area contributed by atoms with Gasteiger partial charge in [0.25, 0.3) is 0 Å². The van der Waals surface area contributed by atoms with Gasteiger partial charge in [0.1, 0.15) is 12.1 Å². The Balaban J connectivity index is 2.14. The molecule has 0 bridgehead atoms. The highest BCUT2D eigenvalue weighted by Gasteiger charge is 2.48. The van der Waals surface area contributed by atoms with Gasteiger partial charge in [0.2, 0.25) is 0 Å². The third-order valence-electron chi connectivity index (χ3n) is 4.95. The molecule has 0 amide bonds. The van der Waals surface area contributed by atoms with E-state index in [1.165, 1.54) is 0 Å². The molecule has 1 saturated carbocycles. The molecule has 0 unspecified atom stereocenters. The summed E-state index contributed by atoms with van der Waals surface area (Å²) in [4.78, 5) is 18.4. The van der Waals surface area contributed by atoms with E-state index >= 15 is 0 Å². The van der Waals surface area contributed by atoms with Crippen molar-refractivity contribution < 1.29 is 17.9 Å². The fourth-order valence-corrected chi connectivity index (χ4v) is 5.91. The van der Waals surface area contributed by atoms with E-state index in [2.05, 4.69) is 10.3 Å². The molecule has 1 aliphatic carbocycles. The maximum atomic E-state index is 12.7. The van der Waals surface area contributed by atoms with Gasteiger partial charge in [-0.2, -0.15) is 0 Å². The molecule has 1 saturated heterocycles. The highest BCUT2D eigenvalue weighted by molar-refractivity contribution is 7.92. The molecule has 0 aromatic heterocycles. The molecule has 0 radical (unpaired) electrons. The molecular formula is C18H33N3O4S. The summed E-state index contributed by atoms with van der Waals surface area (Å²) in [6.07, 6.45) is 4.45. The number of rotatable bonds is 3. The zero-order valence-electron chi connectivity index (χ0n) is 16.5. The van der Waals surface area contributed by atoms with Crippen LogP contribution in [0.15, 0.2) is 4.99 Å². The van der Waals surface area contributed by atoms with Crippen LogP contribution in [-0.2, 0) is 19.4 Å². The van der Waals surface area contributed by atoms with Crippen LogP contribution in [0.3, 0.4) is 0 Å². The lowest BCUT2D eigenvalue weighted by Gasteiger charge is -2.45. The second kappa shape index (κ2) is 8.15. The van der Waals surface area contributed by atoms with Crippen LogP contribution in [0.1, 0.15) is 59.8 Å². The monoisotopic (exact) mass is 387 g/mol. The molecule has 7 nitrogen and oxygen atoms in total. The molecule has 1 aliphatic heterocycles. The first kappa shape index (κ1) is 21.0. The van der Waals surface area contributed by atoms with Gasteiger partial charge in [0.15, 0.2) is 15.8 Å². The van der Waals surface area contributed by atoms with E-state index in [9.17, 15) is 13.2 Å². The predicted molar refractivity (Wildman–Crippen MR) is 103 cm³/mol. The van der Waals surface area contributed by atoms with Crippen LogP contribution in [0.5, 0.6) is 0 Å². The maximum absolute atomic E-state index is 12.7. The number of nitrogens with zero attached hydrogens (tertiary/aromatic N) is 2. The van der Waals surface area contributed by atoms with Crippen LogP contribution >= 0.6 is 0 Å². The Morgan fingerprint density at radius 2 is 1.88 bits per heavy atom. The maximum Gasteiger partial charge on any atom is 0.328 e. The number of esters is 1. The highest BCUT2D eigenvalue weighted by Crippen LogP contribution is 2.38. The lowest BCUT2D eigenvalue weighted by Crippen LogP contribution is -2.60. The Bertz CT molecular complexity index is 631. The first-order valence-corrected chi connectivity index (χ1v) is 11.2. The first-order valence-electron chi connectivity index (χ1n) is 9.56. The number of aliphatic imine (C=N–C) groups is 1. The third-order valence-corrected chi connectivity index (χ3v) is 7.52. The minimum absolute atomic E-state index is 0.0736. The average Bonchev–Trinajstić information content (AvgIpc) is 2.54. The van der Waals surface area contributed by atoms with Gasteiger partial charge < -0.3 is 15.0 Å². The zero-order valence-corrected chi connectivity index (χ0v) is 17.3. The second-order valence-electron chi connectivity index (χ2n) is 8.24. The largest absolute Gasteiger partial charge is 0.459 e. The predicted octanol–water partition coefficient (Wildman–Crippen LogP) is 1.73. The minimum atomic E-state index is -3.10. The lowest BCUT2D eigenvalue weighted by molar-refractivity contribution is -0.152. The minimum Gasteiger partial charge on any atom is -0.459 e. The summed E-state index contributed by atoms with van der Waals surface area (Å²) in [5.41, 5.74) is -0.545. The summed E-state index contributed by atoms with van der Waals surface area (Å²) < 4.78 is 30.1. The number of hydrogen-bond donors (Lipinski definition) is 1. The van der Waals surface area contributed by atoms with Crippen molar-refractivity contribution in [3.05, 3.63) is 0 Å². The fourth-order valence-electron chi connectivity index (χ4n) is 3.76. The molecule has 2 rings (SSSR count). The average molecular weight is 388 g/mol. The molecule has 150 valence electrons. The zero-order chi connectivity index (χ0) is 19.4. The molecule has 1 spiro atoms. The van der Waals surface area contributed by atoms with Crippen molar-refractivity contribution in [3.63, 3.8) is 0 Å². The Kier molecular flexibility index (Phi) is 6.58. The van der Waals surface area contributed by atoms with Crippen molar-refractivity contribution in [1.29, 1.82) is 0 Å². The molecule has 0 atom stereocenters. The van der Waals surface area contributed by atoms with Crippen molar-refractivity contribution in [2.24, 2.45) is 4.99 Å². The topological polar surface area (TPSA) is 88.1 Å². The van der Waals surface area contributed by atoms with Crippen molar-refractivity contribution >= 4 is 21.8 Å². The summed E-state index contributed by atoms with van der Waals surface area (Å²) in [7, 11) is -3.10. The van der Waals surface area contributed by atoms with E-state index in [0.717, 1.165) is 32.1 Å². The number of sulfone groups is 1. The Morgan fingerprint density at radius 3 is 2.46 bits per heavy atom. The molecule has 8 heteroatoms. The quantitative estimate of drug-likeness (QED) is 0.451. The third kappa shape index (κ3) is 5.11. The van der Waals surface area contributed by atoms with Gasteiger partial charge >= 0.3 is 5.97 Å². The first-order chi connectivity index (χ1) is 12.1. The van der Waals surface area contributed by atoms with Crippen LogP contribution < -0.4 is 5.32 Å². The van der Waals surface area contributed by atoms with Crippen LogP contribution in [0, 0.1) is 0 Å². The Labute approximate surface area is 157 Å². The summed E-state index contributed by atoms with van der Waals surface area (Å²) in [5.74, 6) is 0.354. The van der Waals surface area contributed by atoms with Crippen molar-refractivity contribution in [2.75, 3.05) is 31.9 Å². The van der Waals surface area contributed by atoms with E-state index < -0.39 is 20.2 Å². The van der Waals surface area contributed by atoms with E-state index in [4.69, 9.17) is 4.74 Å². The number of hydrogen-bond acceptors (Lipinski definition) is 5. The molecule has 1 heterocycles. The van der Waals surface area contributed by atoms with Crippen LogP contribution in [-0.4, -0.2) is 67.5 Å². The molecule has 2 aliphatic rings. The molecule has 0 aromatic rings. The smallest absolute Gasteiger partial charge is 0.328 e. The lowest BCUT2D eigenvalue weighted by atomic mass is 9.87. The number of guanidine groups is 1. The van der Waals surface area contributed by atoms with E-state index in [1.807, 2.05) is 32.6 Å². The SMILES string of the molecule is CCNC(=NCC(=O)OC(C)(C)C)N1CCS(=O)(=O)C2(CCCCC2)C1. The van der Waals surface area contributed by atoms with Crippen LogP contribution in [0.2, 0.25) is 0 Å². The number of carbonyl (C=O) groups is 1. The normalized spacial score (nSPS) is 22.9.